The maximum atomic E-state index is 13.4. The van der Waals surface area contributed by atoms with Crippen molar-refractivity contribution in [2.75, 3.05) is 12.0 Å². The first kappa shape index (κ1) is 21.9. The summed E-state index contributed by atoms with van der Waals surface area (Å²) in [5.41, 5.74) is 4.03. The lowest BCUT2D eigenvalue weighted by Gasteiger charge is -2.23. The van der Waals surface area contributed by atoms with Crippen molar-refractivity contribution in [1.29, 1.82) is 0 Å². The van der Waals surface area contributed by atoms with Gasteiger partial charge in [0.15, 0.2) is 5.13 Å². The number of ether oxygens (including phenoxy) is 1. The van der Waals surface area contributed by atoms with Crippen LogP contribution in [0, 0.1) is 13.8 Å². The molecule has 1 aliphatic rings. The van der Waals surface area contributed by atoms with Gasteiger partial charge in [-0.3, -0.25) is 14.5 Å². The number of aliphatic hydroxyl groups excluding tert-OH is 1. The van der Waals surface area contributed by atoms with Crippen LogP contribution in [0.2, 0.25) is 0 Å². The highest BCUT2D eigenvalue weighted by Crippen LogP contribution is 2.44. The summed E-state index contributed by atoms with van der Waals surface area (Å²) in [4.78, 5) is 32.8. The number of hydrogen-bond donors (Lipinski definition) is 1. The first-order valence-corrected chi connectivity index (χ1v) is 11.6. The van der Waals surface area contributed by atoms with Crippen molar-refractivity contribution in [2.24, 2.45) is 0 Å². The van der Waals surface area contributed by atoms with Gasteiger partial charge in [-0.05, 0) is 48.7 Å². The molecule has 1 atom stereocenters. The zero-order valence-corrected chi connectivity index (χ0v) is 19.7. The summed E-state index contributed by atoms with van der Waals surface area (Å²) in [5, 5.41) is 11.7. The Morgan fingerprint density at radius 1 is 1.03 bits per heavy atom. The summed E-state index contributed by atoms with van der Waals surface area (Å²) in [6, 6.07) is 19.2. The lowest BCUT2D eigenvalue weighted by atomic mass is 9.95. The number of benzene rings is 3. The van der Waals surface area contributed by atoms with Gasteiger partial charge in [0.25, 0.3) is 5.78 Å². The molecule has 34 heavy (non-hydrogen) atoms. The second kappa shape index (κ2) is 8.43. The van der Waals surface area contributed by atoms with Gasteiger partial charge >= 0.3 is 5.91 Å². The number of carbonyl (C=O) groups excluding carboxylic acids is 2. The quantitative estimate of drug-likeness (QED) is 0.240. The number of aryl methyl sites for hydroxylation is 2. The number of ketones is 1. The van der Waals surface area contributed by atoms with Crippen LogP contribution in [0.25, 0.3) is 16.0 Å². The van der Waals surface area contributed by atoms with Crippen LogP contribution in [0.5, 0.6) is 5.75 Å². The van der Waals surface area contributed by atoms with Gasteiger partial charge in [0.1, 0.15) is 11.5 Å². The largest absolute Gasteiger partial charge is 0.507 e. The molecule has 2 heterocycles. The molecular formula is C27H22N2O4S. The number of methoxy groups -OCH3 is 1. The number of Topliss-reactive ketones (excluding diaryl/α,β-unsaturated/α-hetero) is 1. The molecule has 5 rings (SSSR count). The number of aromatic nitrogens is 1. The topological polar surface area (TPSA) is 79.7 Å². The van der Waals surface area contributed by atoms with Gasteiger partial charge in [-0.25, -0.2) is 4.98 Å². The molecule has 6 nitrogen and oxygen atoms in total. The number of fused-ring (bicyclic) bond motifs is 1. The Kier molecular flexibility index (Phi) is 5.42. The van der Waals surface area contributed by atoms with Gasteiger partial charge in [0.2, 0.25) is 0 Å². The lowest BCUT2D eigenvalue weighted by molar-refractivity contribution is -0.132. The summed E-state index contributed by atoms with van der Waals surface area (Å²) in [7, 11) is 1.53. The minimum atomic E-state index is -0.811. The third-order valence-corrected chi connectivity index (χ3v) is 6.93. The highest BCUT2D eigenvalue weighted by molar-refractivity contribution is 7.22. The number of amides is 1. The summed E-state index contributed by atoms with van der Waals surface area (Å²) >= 11 is 1.36. The minimum absolute atomic E-state index is 0.0246. The van der Waals surface area contributed by atoms with E-state index in [1.165, 1.54) is 23.3 Å². The molecule has 7 heteroatoms. The standard InChI is InChI=1S/C27H22N2O4S/c1-15-12-16(2)22-20(13-15)34-27(28-22)29-23(17-8-5-4-6-9-17)21(25(31)26(29)32)24(30)18-10-7-11-19(14-18)33-3/h4-14,23,30H,1-3H3/b24-21+/t23-/m1/s1. The molecule has 170 valence electrons. The fourth-order valence-electron chi connectivity index (χ4n) is 4.37. The summed E-state index contributed by atoms with van der Waals surface area (Å²) in [6.07, 6.45) is 0. The Hall–Kier alpha value is -3.97. The average Bonchev–Trinajstić information content (AvgIpc) is 3.38. The number of thiazole rings is 1. The normalized spacial score (nSPS) is 17.5. The molecule has 0 spiro atoms. The van der Waals surface area contributed by atoms with Gasteiger partial charge in [0, 0.05) is 5.56 Å². The molecule has 0 bridgehead atoms. The van der Waals surface area contributed by atoms with Crippen LogP contribution in [-0.2, 0) is 9.59 Å². The first-order chi connectivity index (χ1) is 16.4. The molecule has 0 unspecified atom stereocenters. The number of carbonyl (C=O) groups is 2. The third kappa shape index (κ3) is 3.54. The monoisotopic (exact) mass is 470 g/mol. The molecule has 1 aromatic heterocycles. The van der Waals surface area contributed by atoms with Gasteiger partial charge < -0.3 is 9.84 Å². The van der Waals surface area contributed by atoms with E-state index in [0.29, 0.717) is 22.0 Å². The van der Waals surface area contributed by atoms with Crippen molar-refractivity contribution in [3.63, 3.8) is 0 Å². The maximum absolute atomic E-state index is 13.4. The lowest BCUT2D eigenvalue weighted by Crippen LogP contribution is -2.29. The molecule has 0 radical (unpaired) electrons. The van der Waals surface area contributed by atoms with Gasteiger partial charge in [-0.1, -0.05) is 59.9 Å². The van der Waals surface area contributed by atoms with Crippen molar-refractivity contribution in [3.8, 4) is 5.75 Å². The van der Waals surface area contributed by atoms with E-state index in [9.17, 15) is 14.7 Å². The minimum Gasteiger partial charge on any atom is -0.507 e. The van der Waals surface area contributed by atoms with Crippen molar-refractivity contribution < 1.29 is 19.4 Å². The maximum Gasteiger partial charge on any atom is 0.301 e. The Morgan fingerprint density at radius 3 is 2.53 bits per heavy atom. The molecule has 0 saturated carbocycles. The molecule has 1 amide bonds. The molecule has 1 saturated heterocycles. The van der Waals surface area contributed by atoms with E-state index in [2.05, 4.69) is 0 Å². The predicted molar refractivity (Wildman–Crippen MR) is 133 cm³/mol. The van der Waals surface area contributed by atoms with Crippen LogP contribution in [0.4, 0.5) is 5.13 Å². The smallest absolute Gasteiger partial charge is 0.301 e. The zero-order valence-electron chi connectivity index (χ0n) is 18.9. The van der Waals surface area contributed by atoms with Crippen molar-refractivity contribution in [2.45, 2.75) is 19.9 Å². The molecule has 1 fully saturated rings. The zero-order chi connectivity index (χ0) is 24.0. The van der Waals surface area contributed by atoms with Crippen LogP contribution < -0.4 is 9.64 Å². The molecule has 1 N–H and O–H groups in total. The number of rotatable bonds is 4. The molecule has 4 aromatic rings. The van der Waals surface area contributed by atoms with Crippen molar-refractivity contribution in [1.82, 2.24) is 4.98 Å². The average molecular weight is 471 g/mol. The van der Waals surface area contributed by atoms with E-state index in [0.717, 1.165) is 21.3 Å². The Balaban J connectivity index is 1.73. The highest BCUT2D eigenvalue weighted by atomic mass is 32.1. The Bertz CT molecular complexity index is 1470. The highest BCUT2D eigenvalue weighted by Gasteiger charge is 2.48. The van der Waals surface area contributed by atoms with Crippen LogP contribution in [-0.4, -0.2) is 28.9 Å². The van der Waals surface area contributed by atoms with Crippen molar-refractivity contribution in [3.05, 3.63) is 94.6 Å². The van der Waals surface area contributed by atoms with E-state index < -0.39 is 17.7 Å². The van der Waals surface area contributed by atoms with E-state index in [-0.39, 0.29) is 11.3 Å². The second-order valence-electron chi connectivity index (χ2n) is 8.24. The van der Waals surface area contributed by atoms with Crippen LogP contribution >= 0.6 is 11.3 Å². The van der Waals surface area contributed by atoms with Gasteiger partial charge in [0.05, 0.1) is 28.9 Å². The van der Waals surface area contributed by atoms with Crippen LogP contribution in [0.1, 0.15) is 28.3 Å². The Morgan fingerprint density at radius 2 is 1.79 bits per heavy atom. The van der Waals surface area contributed by atoms with Crippen LogP contribution in [0.3, 0.4) is 0 Å². The molecular weight excluding hydrogens is 448 g/mol. The SMILES string of the molecule is COc1cccc(/C(O)=C2\C(=O)C(=O)N(c3nc4c(C)cc(C)cc4s3)[C@@H]2c2ccccc2)c1. The number of hydrogen-bond acceptors (Lipinski definition) is 6. The summed E-state index contributed by atoms with van der Waals surface area (Å²) < 4.78 is 6.21. The Labute approximate surface area is 200 Å². The van der Waals surface area contributed by atoms with Gasteiger partial charge in [-0.15, -0.1) is 0 Å². The number of aliphatic hydroxyl groups is 1. The molecule has 3 aromatic carbocycles. The summed E-state index contributed by atoms with van der Waals surface area (Å²) in [5.74, 6) is -1.18. The fourth-order valence-corrected chi connectivity index (χ4v) is 5.54. The van der Waals surface area contributed by atoms with Gasteiger partial charge in [-0.2, -0.15) is 0 Å². The van der Waals surface area contributed by atoms with Crippen molar-refractivity contribution >= 4 is 44.1 Å². The van der Waals surface area contributed by atoms with Crippen LogP contribution in [0.15, 0.2) is 72.3 Å². The number of anilines is 1. The molecule has 1 aliphatic heterocycles. The van der Waals surface area contributed by atoms with E-state index in [1.54, 1.807) is 24.3 Å². The fraction of sp³-hybridized carbons (Fsp3) is 0.148. The first-order valence-electron chi connectivity index (χ1n) is 10.8. The second-order valence-corrected chi connectivity index (χ2v) is 9.25. The van der Waals surface area contributed by atoms with E-state index in [4.69, 9.17) is 9.72 Å². The van der Waals surface area contributed by atoms with E-state index >= 15 is 0 Å². The van der Waals surface area contributed by atoms with E-state index in [1.807, 2.05) is 56.3 Å². The predicted octanol–water partition coefficient (Wildman–Crippen LogP) is 5.55. The third-order valence-electron chi connectivity index (χ3n) is 5.93. The summed E-state index contributed by atoms with van der Waals surface area (Å²) in [6.45, 7) is 3.99. The molecule has 0 aliphatic carbocycles. The number of nitrogens with zero attached hydrogens (tertiary/aromatic N) is 2.